The highest BCUT2D eigenvalue weighted by atomic mass is 16.6. The molecule has 0 bridgehead atoms. The van der Waals surface area contributed by atoms with Gasteiger partial charge in [0, 0.05) is 19.3 Å². The zero-order chi connectivity index (χ0) is 59.2. The maximum absolute atomic E-state index is 12.9. The number of hydrogen-bond donors (Lipinski definition) is 0. The second-order valence-corrected chi connectivity index (χ2v) is 25.2. The van der Waals surface area contributed by atoms with E-state index in [2.05, 4.69) is 57.2 Å². The average Bonchev–Trinajstić information content (AvgIpc) is 3.47. The quantitative estimate of drug-likeness (QED) is 0.0261. The first kappa shape index (κ1) is 79.6. The van der Waals surface area contributed by atoms with E-state index in [1.807, 2.05) is 0 Å². The van der Waals surface area contributed by atoms with E-state index in [4.69, 9.17) is 14.2 Å². The van der Waals surface area contributed by atoms with Crippen LogP contribution in [0.25, 0.3) is 0 Å². The van der Waals surface area contributed by atoms with Crippen molar-refractivity contribution < 1.29 is 28.6 Å². The van der Waals surface area contributed by atoms with E-state index < -0.39 is 6.10 Å². The molecule has 0 saturated heterocycles. The third-order valence-corrected chi connectivity index (χ3v) is 16.9. The first-order valence-electron chi connectivity index (χ1n) is 37.0. The molecule has 0 spiro atoms. The van der Waals surface area contributed by atoms with Crippen LogP contribution in [-0.4, -0.2) is 37.2 Å². The van der Waals surface area contributed by atoms with Crippen molar-refractivity contribution in [3.63, 3.8) is 0 Å². The Morgan fingerprint density at radius 1 is 0.244 bits per heavy atom. The van der Waals surface area contributed by atoms with Gasteiger partial charge in [-0.25, -0.2) is 0 Å². The van der Waals surface area contributed by atoms with Crippen molar-refractivity contribution >= 4 is 17.9 Å². The first-order valence-corrected chi connectivity index (χ1v) is 37.0. The Labute approximate surface area is 512 Å². The molecule has 0 aromatic rings. The summed E-state index contributed by atoms with van der Waals surface area (Å²) in [6.45, 7) is 6.69. The van der Waals surface area contributed by atoms with Crippen LogP contribution in [-0.2, 0) is 28.6 Å². The molecule has 0 aromatic heterocycles. The number of rotatable bonds is 69. The summed E-state index contributed by atoms with van der Waals surface area (Å²) in [5.74, 6) is -0.844. The van der Waals surface area contributed by atoms with Crippen LogP contribution in [0.4, 0.5) is 0 Å². The summed E-state index contributed by atoms with van der Waals surface area (Å²) in [4.78, 5) is 38.4. The van der Waals surface area contributed by atoms with Crippen molar-refractivity contribution in [3.05, 3.63) is 36.5 Å². The van der Waals surface area contributed by atoms with Crippen LogP contribution in [0.3, 0.4) is 0 Å². The van der Waals surface area contributed by atoms with Gasteiger partial charge in [0.15, 0.2) is 6.10 Å². The topological polar surface area (TPSA) is 78.9 Å². The number of esters is 3. The highest BCUT2D eigenvalue weighted by Crippen LogP contribution is 2.19. The average molecular weight is 1150 g/mol. The van der Waals surface area contributed by atoms with Crippen molar-refractivity contribution in [2.45, 2.75) is 419 Å². The Morgan fingerprint density at radius 2 is 0.439 bits per heavy atom. The lowest BCUT2D eigenvalue weighted by Crippen LogP contribution is -2.30. The fourth-order valence-electron chi connectivity index (χ4n) is 11.3. The Bertz CT molecular complexity index is 1370. The molecule has 0 fully saturated rings. The normalized spacial score (nSPS) is 12.2. The molecule has 1 atom stereocenters. The summed E-state index contributed by atoms with van der Waals surface area (Å²) in [6.07, 6.45) is 89.1. The van der Waals surface area contributed by atoms with E-state index in [1.54, 1.807) is 0 Å². The van der Waals surface area contributed by atoms with E-state index in [0.717, 1.165) is 70.6 Å². The van der Waals surface area contributed by atoms with E-state index >= 15 is 0 Å². The molecule has 0 rings (SSSR count). The minimum atomic E-state index is -0.771. The maximum atomic E-state index is 12.9. The molecule has 0 radical (unpaired) electrons. The fourth-order valence-corrected chi connectivity index (χ4v) is 11.3. The molecule has 1 unspecified atom stereocenters. The van der Waals surface area contributed by atoms with Crippen LogP contribution >= 0.6 is 0 Å². The molecule has 0 saturated carbocycles. The number of carbonyl (C=O) groups excluding carboxylic acids is 3. The van der Waals surface area contributed by atoms with Crippen LogP contribution in [0, 0.1) is 0 Å². The lowest BCUT2D eigenvalue weighted by Gasteiger charge is -2.18. The van der Waals surface area contributed by atoms with Gasteiger partial charge in [-0.2, -0.15) is 0 Å². The van der Waals surface area contributed by atoms with E-state index in [1.165, 1.54) is 302 Å². The summed E-state index contributed by atoms with van der Waals surface area (Å²) >= 11 is 0. The maximum Gasteiger partial charge on any atom is 0.306 e. The highest BCUT2D eigenvalue weighted by Gasteiger charge is 2.20. The lowest BCUT2D eigenvalue weighted by molar-refractivity contribution is -0.167. The molecule has 0 aliphatic carbocycles. The fraction of sp³-hybridized carbons (Fsp3) is 0.882. The molecule has 0 heterocycles. The van der Waals surface area contributed by atoms with Crippen LogP contribution in [0.2, 0.25) is 0 Å². The van der Waals surface area contributed by atoms with Crippen molar-refractivity contribution in [2.24, 2.45) is 0 Å². The SMILES string of the molecule is CCCCCCC/C=C\C/C=C\C/C=C\CCCCCCCCCCCCC(=O)OC(COC(=O)CCCCCCCCCCCC)COC(=O)CCCCCCCCCCCCCCCCCCCCCCCCCCCCCCC. The van der Waals surface area contributed by atoms with Gasteiger partial charge in [-0.05, 0) is 57.8 Å². The Kier molecular flexibility index (Phi) is 69.1. The smallest absolute Gasteiger partial charge is 0.306 e. The second kappa shape index (κ2) is 71.1. The molecule has 6 nitrogen and oxygen atoms in total. The Hall–Kier alpha value is -2.37. The van der Waals surface area contributed by atoms with E-state index in [-0.39, 0.29) is 31.1 Å². The van der Waals surface area contributed by atoms with Crippen molar-refractivity contribution in [3.8, 4) is 0 Å². The monoisotopic (exact) mass is 1150 g/mol. The van der Waals surface area contributed by atoms with E-state index in [9.17, 15) is 14.4 Å². The van der Waals surface area contributed by atoms with Crippen molar-refractivity contribution in [1.29, 1.82) is 0 Å². The van der Waals surface area contributed by atoms with E-state index in [0.29, 0.717) is 19.3 Å². The van der Waals surface area contributed by atoms with Crippen molar-refractivity contribution in [1.82, 2.24) is 0 Å². The van der Waals surface area contributed by atoms with Gasteiger partial charge in [-0.15, -0.1) is 0 Å². The van der Waals surface area contributed by atoms with Gasteiger partial charge in [-0.3, -0.25) is 14.4 Å². The zero-order valence-electron chi connectivity index (χ0n) is 55.5. The summed E-state index contributed by atoms with van der Waals surface area (Å²) in [5, 5.41) is 0. The Balaban J connectivity index is 4.12. The molecule has 0 aliphatic heterocycles. The molecule has 0 aliphatic rings. The largest absolute Gasteiger partial charge is 0.462 e. The van der Waals surface area contributed by atoms with Crippen LogP contribution < -0.4 is 0 Å². The zero-order valence-corrected chi connectivity index (χ0v) is 55.5. The minimum absolute atomic E-state index is 0.0678. The predicted octanol–water partition coefficient (Wildman–Crippen LogP) is 25.5. The number of carbonyl (C=O) groups is 3. The second-order valence-electron chi connectivity index (χ2n) is 25.2. The molecule has 0 amide bonds. The number of unbranched alkanes of at least 4 members (excludes halogenated alkanes) is 52. The van der Waals surface area contributed by atoms with Gasteiger partial charge in [-0.1, -0.05) is 372 Å². The van der Waals surface area contributed by atoms with Gasteiger partial charge in [0.05, 0.1) is 0 Å². The van der Waals surface area contributed by atoms with Crippen LogP contribution in [0.15, 0.2) is 36.5 Å². The third kappa shape index (κ3) is 68.4. The molecule has 6 heteroatoms. The standard InChI is InChI=1S/C76H142O6/c1-4-7-10-13-16-19-22-24-26-28-30-32-34-36-37-38-39-41-42-44-46-48-50-52-54-57-60-63-66-69-75(78)81-72-73(71-80-74(77)68-65-62-59-56-21-18-15-12-9-6-3)82-76(79)70-67-64-61-58-55-53-51-49-47-45-43-40-35-33-31-29-27-25-23-20-17-14-11-8-5-2/h23,25,29,31,35,40,73H,4-22,24,26-28,30,32-34,36-39,41-72H2,1-3H3/b25-23-,31-29-,40-35-. The number of allylic oxidation sites excluding steroid dienone is 6. The molecule has 82 heavy (non-hydrogen) atoms. The first-order chi connectivity index (χ1) is 40.5. The summed E-state index contributed by atoms with van der Waals surface area (Å²) in [7, 11) is 0. The van der Waals surface area contributed by atoms with Gasteiger partial charge >= 0.3 is 17.9 Å². The summed E-state index contributed by atoms with van der Waals surface area (Å²) < 4.78 is 17.0. The molecular formula is C76H142O6. The molecule has 0 N–H and O–H groups in total. The predicted molar refractivity (Wildman–Crippen MR) is 358 cm³/mol. The van der Waals surface area contributed by atoms with Gasteiger partial charge in [0.2, 0.25) is 0 Å². The Morgan fingerprint density at radius 3 is 0.683 bits per heavy atom. The highest BCUT2D eigenvalue weighted by molar-refractivity contribution is 5.71. The molecule has 0 aromatic carbocycles. The number of ether oxygens (including phenoxy) is 3. The molecular weight excluding hydrogens is 1010 g/mol. The summed E-state index contributed by atoms with van der Waals surface area (Å²) in [5.41, 5.74) is 0. The van der Waals surface area contributed by atoms with Gasteiger partial charge in [0.25, 0.3) is 0 Å². The van der Waals surface area contributed by atoms with Crippen molar-refractivity contribution in [2.75, 3.05) is 13.2 Å². The minimum Gasteiger partial charge on any atom is -0.462 e. The summed E-state index contributed by atoms with van der Waals surface area (Å²) in [6, 6.07) is 0. The van der Waals surface area contributed by atoms with Crippen LogP contribution in [0.5, 0.6) is 0 Å². The lowest BCUT2D eigenvalue weighted by atomic mass is 10.0. The van der Waals surface area contributed by atoms with Gasteiger partial charge < -0.3 is 14.2 Å². The number of hydrogen-bond acceptors (Lipinski definition) is 6. The molecule has 482 valence electrons. The third-order valence-electron chi connectivity index (χ3n) is 16.9. The van der Waals surface area contributed by atoms with Gasteiger partial charge in [0.1, 0.15) is 13.2 Å². The van der Waals surface area contributed by atoms with Crippen LogP contribution in [0.1, 0.15) is 412 Å².